The van der Waals surface area contributed by atoms with Crippen LogP contribution in [0.5, 0.6) is 0 Å². The Bertz CT molecular complexity index is 1100. The molecule has 3 aromatic carbocycles. The van der Waals surface area contributed by atoms with E-state index in [1.165, 1.54) is 4.90 Å². The first kappa shape index (κ1) is 18.7. The summed E-state index contributed by atoms with van der Waals surface area (Å²) in [6.07, 6.45) is 0. The Kier molecular flexibility index (Phi) is 5.00. The van der Waals surface area contributed by atoms with E-state index in [4.69, 9.17) is 0 Å². The predicted molar refractivity (Wildman–Crippen MR) is 115 cm³/mol. The number of hydrogen-bond donors (Lipinski definition) is 1. The van der Waals surface area contributed by atoms with Crippen LogP contribution in [0.2, 0.25) is 0 Å². The minimum Gasteiger partial charge on any atom is -0.350 e. The molecule has 4 rings (SSSR count). The van der Waals surface area contributed by atoms with Crippen LogP contribution in [-0.4, -0.2) is 16.7 Å². The van der Waals surface area contributed by atoms with Gasteiger partial charge >= 0.3 is 0 Å². The third-order valence-electron chi connectivity index (χ3n) is 5.06. The minimum absolute atomic E-state index is 0.243. The summed E-state index contributed by atoms with van der Waals surface area (Å²) in [6.45, 7) is 4.26. The Labute approximate surface area is 170 Å². The zero-order chi connectivity index (χ0) is 20.4. The highest BCUT2D eigenvalue weighted by atomic mass is 16.2. The van der Waals surface area contributed by atoms with Crippen LogP contribution in [-0.2, 0) is 16.1 Å². The summed E-state index contributed by atoms with van der Waals surface area (Å²) in [7, 11) is 0. The molecule has 4 heteroatoms. The summed E-state index contributed by atoms with van der Waals surface area (Å²) in [4.78, 5) is 27.8. The van der Waals surface area contributed by atoms with Gasteiger partial charge in [-0.1, -0.05) is 78.4 Å². The molecule has 0 aromatic heterocycles. The number of hydrogen-bond acceptors (Lipinski definition) is 3. The standard InChI is InChI=1S/C25H22N2O2/c1-17-13-14-21(18(2)15-17)26-23-22(20-11-7-4-8-12-20)24(28)27(25(23)29)16-19-9-5-3-6-10-19/h3-15,26H,16H2,1-2H3. The molecular weight excluding hydrogens is 360 g/mol. The molecule has 0 aliphatic carbocycles. The molecule has 2 amide bonds. The summed E-state index contributed by atoms with van der Waals surface area (Å²) in [5.74, 6) is -0.588. The molecule has 1 heterocycles. The number of anilines is 1. The molecule has 1 aliphatic heterocycles. The van der Waals surface area contributed by atoms with Crippen LogP contribution in [0.25, 0.3) is 5.57 Å². The van der Waals surface area contributed by atoms with E-state index in [0.717, 1.165) is 27.9 Å². The maximum atomic E-state index is 13.3. The molecule has 1 aliphatic rings. The number of nitrogens with zero attached hydrogens (tertiary/aromatic N) is 1. The Hall–Kier alpha value is -3.66. The van der Waals surface area contributed by atoms with Crippen LogP contribution < -0.4 is 5.32 Å². The summed E-state index contributed by atoms with van der Waals surface area (Å²) in [6, 6.07) is 24.9. The normalized spacial score (nSPS) is 13.9. The van der Waals surface area contributed by atoms with Crippen molar-refractivity contribution in [3.63, 3.8) is 0 Å². The van der Waals surface area contributed by atoms with E-state index >= 15 is 0 Å². The van der Waals surface area contributed by atoms with E-state index in [-0.39, 0.29) is 18.4 Å². The van der Waals surface area contributed by atoms with E-state index in [9.17, 15) is 9.59 Å². The summed E-state index contributed by atoms with van der Waals surface area (Å²) >= 11 is 0. The van der Waals surface area contributed by atoms with Crippen LogP contribution in [0.15, 0.2) is 84.6 Å². The second-order valence-electron chi connectivity index (χ2n) is 7.24. The summed E-state index contributed by atoms with van der Waals surface area (Å²) < 4.78 is 0. The van der Waals surface area contributed by atoms with Crippen LogP contribution in [0, 0.1) is 13.8 Å². The van der Waals surface area contributed by atoms with E-state index in [1.54, 1.807) is 0 Å². The maximum Gasteiger partial charge on any atom is 0.278 e. The van der Waals surface area contributed by atoms with Crippen molar-refractivity contribution in [2.45, 2.75) is 20.4 Å². The van der Waals surface area contributed by atoms with E-state index in [1.807, 2.05) is 92.7 Å². The molecule has 0 saturated carbocycles. The first-order valence-electron chi connectivity index (χ1n) is 9.58. The van der Waals surface area contributed by atoms with E-state index in [2.05, 4.69) is 5.32 Å². The van der Waals surface area contributed by atoms with Gasteiger partial charge in [-0.05, 0) is 36.6 Å². The first-order valence-corrected chi connectivity index (χ1v) is 9.58. The second-order valence-corrected chi connectivity index (χ2v) is 7.24. The highest BCUT2D eigenvalue weighted by Crippen LogP contribution is 2.32. The first-order chi connectivity index (χ1) is 14.0. The van der Waals surface area contributed by atoms with Crippen molar-refractivity contribution in [3.05, 3.63) is 107 Å². The SMILES string of the molecule is Cc1ccc(NC2=C(c3ccccc3)C(=O)N(Cc3ccccc3)C2=O)c(C)c1. The summed E-state index contributed by atoms with van der Waals surface area (Å²) in [5.41, 5.74) is 5.36. The monoisotopic (exact) mass is 382 g/mol. The number of amides is 2. The number of carbonyl (C=O) groups excluding carboxylic acids is 2. The van der Waals surface area contributed by atoms with Crippen molar-refractivity contribution < 1.29 is 9.59 Å². The molecule has 4 nitrogen and oxygen atoms in total. The molecule has 0 unspecified atom stereocenters. The zero-order valence-corrected chi connectivity index (χ0v) is 16.5. The van der Waals surface area contributed by atoms with Gasteiger partial charge in [-0.3, -0.25) is 14.5 Å². The molecule has 0 atom stereocenters. The van der Waals surface area contributed by atoms with Gasteiger partial charge in [0.2, 0.25) is 0 Å². The molecule has 29 heavy (non-hydrogen) atoms. The molecule has 0 bridgehead atoms. The van der Waals surface area contributed by atoms with Crippen molar-refractivity contribution in [2.75, 3.05) is 5.32 Å². The number of aryl methyl sites for hydroxylation is 2. The van der Waals surface area contributed by atoms with E-state index in [0.29, 0.717) is 11.3 Å². The molecule has 3 aromatic rings. The topological polar surface area (TPSA) is 49.4 Å². The zero-order valence-electron chi connectivity index (χ0n) is 16.5. The largest absolute Gasteiger partial charge is 0.350 e. The molecule has 0 spiro atoms. The second kappa shape index (κ2) is 7.76. The number of imide groups is 1. The highest BCUT2D eigenvalue weighted by molar-refractivity contribution is 6.36. The van der Waals surface area contributed by atoms with Gasteiger partial charge in [0.25, 0.3) is 11.8 Å². The van der Waals surface area contributed by atoms with Crippen LogP contribution >= 0.6 is 0 Å². The molecule has 0 radical (unpaired) electrons. The number of carbonyl (C=O) groups is 2. The number of benzene rings is 3. The molecule has 1 N–H and O–H groups in total. The quantitative estimate of drug-likeness (QED) is 0.651. The Morgan fingerprint density at radius 3 is 2.10 bits per heavy atom. The predicted octanol–water partition coefficient (Wildman–Crippen LogP) is 4.70. The number of nitrogens with one attached hydrogen (secondary N) is 1. The third kappa shape index (κ3) is 3.69. The highest BCUT2D eigenvalue weighted by Gasteiger charge is 2.39. The van der Waals surface area contributed by atoms with Gasteiger partial charge in [-0.2, -0.15) is 0 Å². The lowest BCUT2D eigenvalue weighted by molar-refractivity contribution is -0.137. The minimum atomic E-state index is -0.308. The third-order valence-corrected chi connectivity index (χ3v) is 5.06. The Morgan fingerprint density at radius 1 is 0.793 bits per heavy atom. The molecule has 0 saturated heterocycles. The van der Waals surface area contributed by atoms with Crippen LogP contribution in [0.1, 0.15) is 22.3 Å². The van der Waals surface area contributed by atoms with E-state index < -0.39 is 0 Å². The van der Waals surface area contributed by atoms with Crippen molar-refractivity contribution in [3.8, 4) is 0 Å². The maximum absolute atomic E-state index is 13.3. The van der Waals surface area contributed by atoms with Gasteiger partial charge in [0.1, 0.15) is 5.70 Å². The Morgan fingerprint density at radius 2 is 1.45 bits per heavy atom. The van der Waals surface area contributed by atoms with Crippen molar-refractivity contribution in [1.82, 2.24) is 4.90 Å². The van der Waals surface area contributed by atoms with Crippen molar-refractivity contribution in [1.29, 1.82) is 0 Å². The molecule has 144 valence electrons. The van der Waals surface area contributed by atoms with Crippen molar-refractivity contribution >= 4 is 23.1 Å². The number of rotatable bonds is 5. The average Bonchev–Trinajstić information content (AvgIpc) is 2.96. The van der Waals surface area contributed by atoms with Gasteiger partial charge in [-0.25, -0.2) is 0 Å². The van der Waals surface area contributed by atoms with Gasteiger partial charge in [0.05, 0.1) is 12.1 Å². The van der Waals surface area contributed by atoms with Gasteiger partial charge in [-0.15, -0.1) is 0 Å². The lowest BCUT2D eigenvalue weighted by atomic mass is 10.0. The van der Waals surface area contributed by atoms with Gasteiger partial charge < -0.3 is 5.32 Å². The van der Waals surface area contributed by atoms with Crippen molar-refractivity contribution in [2.24, 2.45) is 0 Å². The fourth-order valence-electron chi connectivity index (χ4n) is 3.56. The Balaban J connectivity index is 1.75. The van der Waals surface area contributed by atoms with Crippen LogP contribution in [0.4, 0.5) is 5.69 Å². The lowest BCUT2D eigenvalue weighted by Gasteiger charge is -2.16. The molecule has 0 fully saturated rings. The fourth-order valence-corrected chi connectivity index (χ4v) is 3.56. The average molecular weight is 382 g/mol. The molecular formula is C25H22N2O2. The lowest BCUT2D eigenvalue weighted by Crippen LogP contribution is -2.32. The fraction of sp³-hybridized carbons (Fsp3) is 0.120. The van der Waals surface area contributed by atoms with Gasteiger partial charge in [0, 0.05) is 5.69 Å². The summed E-state index contributed by atoms with van der Waals surface area (Å²) in [5, 5.41) is 3.25. The van der Waals surface area contributed by atoms with Crippen LogP contribution in [0.3, 0.4) is 0 Å². The smallest absolute Gasteiger partial charge is 0.278 e. The van der Waals surface area contributed by atoms with Gasteiger partial charge in [0.15, 0.2) is 0 Å².